The van der Waals surface area contributed by atoms with Gasteiger partial charge in [-0.1, -0.05) is 42.8 Å². The Bertz CT molecular complexity index is 1300. The van der Waals surface area contributed by atoms with Gasteiger partial charge in [-0.25, -0.2) is 9.38 Å². The number of hydrogen-bond acceptors (Lipinski definition) is 4. The second-order valence-corrected chi connectivity index (χ2v) is 9.86. The van der Waals surface area contributed by atoms with Crippen molar-refractivity contribution in [3.63, 3.8) is 0 Å². The molecule has 0 radical (unpaired) electrons. The fourth-order valence-electron chi connectivity index (χ4n) is 5.58. The summed E-state index contributed by atoms with van der Waals surface area (Å²) in [6, 6.07) is 23.5. The zero-order chi connectivity index (χ0) is 25.1. The second kappa shape index (κ2) is 10.1. The summed E-state index contributed by atoms with van der Waals surface area (Å²) in [5.74, 6) is 1.27. The first-order valence-corrected chi connectivity index (χ1v) is 12.4. The van der Waals surface area contributed by atoms with E-state index in [9.17, 15) is 9.50 Å². The molecule has 184 valence electrons. The number of halogens is 1. The van der Waals surface area contributed by atoms with Crippen LogP contribution in [0.4, 0.5) is 10.1 Å². The highest BCUT2D eigenvalue weighted by Gasteiger charge is 2.46. The molecule has 2 aliphatic rings. The van der Waals surface area contributed by atoms with Crippen molar-refractivity contribution in [2.45, 2.75) is 38.7 Å². The second-order valence-electron chi connectivity index (χ2n) is 9.86. The van der Waals surface area contributed by atoms with Gasteiger partial charge in [-0.15, -0.1) is 0 Å². The van der Waals surface area contributed by atoms with Gasteiger partial charge in [0.05, 0.1) is 17.5 Å². The molecule has 0 aromatic heterocycles. The van der Waals surface area contributed by atoms with Gasteiger partial charge in [0, 0.05) is 0 Å². The zero-order valence-corrected chi connectivity index (χ0v) is 20.4. The molecule has 3 aromatic rings. The third-order valence-electron chi connectivity index (χ3n) is 7.57. The first-order valence-electron chi connectivity index (χ1n) is 12.4. The summed E-state index contributed by atoms with van der Waals surface area (Å²) in [6.07, 6.45) is 6.73. The Morgan fingerprint density at radius 1 is 1.03 bits per heavy atom. The number of hydrogen-bond donors (Lipinski definition) is 2. The van der Waals surface area contributed by atoms with Crippen LogP contribution in [0.1, 0.15) is 44.3 Å². The van der Waals surface area contributed by atoms with E-state index < -0.39 is 6.10 Å². The van der Waals surface area contributed by atoms with E-state index >= 15 is 0 Å². The highest BCUT2D eigenvalue weighted by atomic mass is 19.1. The molecule has 3 N–H and O–H groups in total. The number of aliphatic hydroxyl groups excluding tert-OH is 1. The van der Waals surface area contributed by atoms with Gasteiger partial charge in [0.2, 0.25) is 0 Å². The summed E-state index contributed by atoms with van der Waals surface area (Å²) in [4.78, 5) is 4.75. The topological polar surface area (TPSA) is 67.8 Å². The van der Waals surface area contributed by atoms with Gasteiger partial charge in [-0.3, -0.25) is 0 Å². The number of aliphatic imine (C=N–C) groups is 1. The minimum atomic E-state index is -0.612. The lowest BCUT2D eigenvalue weighted by Gasteiger charge is -2.48. The Hall–Kier alpha value is -3.70. The van der Waals surface area contributed by atoms with Gasteiger partial charge in [-0.05, 0) is 109 Å². The molecule has 3 aromatic carbocycles. The predicted octanol–water partition coefficient (Wildman–Crippen LogP) is 7.40. The fourth-order valence-corrected chi connectivity index (χ4v) is 5.58. The van der Waals surface area contributed by atoms with Crippen molar-refractivity contribution in [2.24, 2.45) is 22.1 Å². The van der Waals surface area contributed by atoms with Crippen LogP contribution in [0.3, 0.4) is 0 Å². The number of ether oxygens (including phenoxy) is 1. The van der Waals surface area contributed by atoms with Gasteiger partial charge >= 0.3 is 0 Å². The van der Waals surface area contributed by atoms with Crippen LogP contribution in [0, 0.1) is 17.2 Å². The summed E-state index contributed by atoms with van der Waals surface area (Å²) in [6.45, 7) is 2.23. The van der Waals surface area contributed by atoms with Crippen LogP contribution in [0.15, 0.2) is 107 Å². The Balaban J connectivity index is 1.40. The first kappa shape index (κ1) is 24.0. The number of para-hydroxylation sites is 1. The highest BCUT2D eigenvalue weighted by Crippen LogP contribution is 2.55. The van der Waals surface area contributed by atoms with Crippen molar-refractivity contribution in [3.8, 4) is 11.5 Å². The first-order chi connectivity index (χ1) is 17.5. The molecule has 0 bridgehead atoms. The normalized spacial score (nSPS) is 24.8. The van der Waals surface area contributed by atoms with Crippen molar-refractivity contribution in [2.75, 3.05) is 0 Å². The third kappa shape index (κ3) is 4.84. The lowest BCUT2D eigenvalue weighted by atomic mass is 9.57. The van der Waals surface area contributed by atoms with Crippen molar-refractivity contribution < 1.29 is 14.2 Å². The van der Waals surface area contributed by atoms with Crippen LogP contribution in [0.5, 0.6) is 11.5 Å². The van der Waals surface area contributed by atoms with Gasteiger partial charge in [0.15, 0.2) is 0 Å². The van der Waals surface area contributed by atoms with Crippen molar-refractivity contribution in [3.05, 3.63) is 114 Å². The maximum atomic E-state index is 13.3. The summed E-state index contributed by atoms with van der Waals surface area (Å²) >= 11 is 0. The summed E-state index contributed by atoms with van der Waals surface area (Å²) < 4.78 is 19.3. The van der Waals surface area contributed by atoms with Gasteiger partial charge in [-0.2, -0.15) is 0 Å². The highest BCUT2D eigenvalue weighted by molar-refractivity contribution is 6.11. The van der Waals surface area contributed by atoms with Gasteiger partial charge < -0.3 is 15.6 Å². The smallest absolute Gasteiger partial charge is 0.127 e. The molecular weight excluding hydrogens is 451 g/mol. The van der Waals surface area contributed by atoms with Crippen molar-refractivity contribution >= 4 is 11.4 Å². The summed E-state index contributed by atoms with van der Waals surface area (Å²) in [5.41, 5.74) is 10.4. The molecule has 0 heterocycles. The van der Waals surface area contributed by atoms with E-state index in [1.54, 1.807) is 18.3 Å². The fraction of sp³-hybridized carbons (Fsp3) is 0.258. The van der Waals surface area contributed by atoms with Crippen LogP contribution < -0.4 is 10.5 Å². The Kier molecular flexibility index (Phi) is 6.75. The molecule has 5 rings (SSSR count). The summed E-state index contributed by atoms with van der Waals surface area (Å²) in [7, 11) is 0. The number of fused-ring (bicyclic) bond motifs is 1. The average molecular weight is 483 g/mol. The zero-order valence-electron chi connectivity index (χ0n) is 20.4. The minimum absolute atomic E-state index is 0.0423. The molecule has 4 nitrogen and oxygen atoms in total. The number of rotatable bonds is 5. The number of nitrogens with zero attached hydrogens (tertiary/aromatic N) is 1. The van der Waals surface area contributed by atoms with Crippen LogP contribution in [-0.2, 0) is 0 Å². The maximum Gasteiger partial charge on any atom is 0.127 e. The van der Waals surface area contributed by atoms with E-state index in [1.807, 2.05) is 54.6 Å². The number of benzene rings is 3. The molecule has 2 aliphatic carbocycles. The number of aliphatic hydroxyl groups is 1. The Morgan fingerprint density at radius 2 is 1.72 bits per heavy atom. The lowest BCUT2D eigenvalue weighted by Crippen LogP contribution is -2.40. The maximum absolute atomic E-state index is 13.3. The van der Waals surface area contributed by atoms with Crippen LogP contribution in [0.25, 0.3) is 0 Å². The van der Waals surface area contributed by atoms with E-state index in [2.05, 4.69) is 13.0 Å². The Labute approximate surface area is 211 Å². The molecule has 1 saturated carbocycles. The average Bonchev–Trinajstić information content (AvgIpc) is 2.90. The van der Waals surface area contributed by atoms with E-state index in [0.29, 0.717) is 12.1 Å². The van der Waals surface area contributed by atoms with Gasteiger partial charge in [0.1, 0.15) is 17.3 Å². The van der Waals surface area contributed by atoms with Crippen LogP contribution in [-0.4, -0.2) is 10.8 Å². The third-order valence-corrected chi connectivity index (χ3v) is 7.57. The molecule has 0 aliphatic heterocycles. The van der Waals surface area contributed by atoms with Gasteiger partial charge in [0.25, 0.3) is 0 Å². The largest absolute Gasteiger partial charge is 0.457 e. The molecule has 0 saturated heterocycles. The van der Waals surface area contributed by atoms with Crippen LogP contribution >= 0.6 is 0 Å². The predicted molar refractivity (Wildman–Crippen MR) is 142 cm³/mol. The molecule has 0 spiro atoms. The Morgan fingerprint density at radius 3 is 2.42 bits per heavy atom. The van der Waals surface area contributed by atoms with E-state index in [0.717, 1.165) is 47.6 Å². The quantitative estimate of drug-likeness (QED) is 0.398. The minimum Gasteiger partial charge on any atom is -0.457 e. The number of allylic oxidation sites excluding steroid dienone is 3. The van der Waals surface area contributed by atoms with E-state index in [1.165, 1.54) is 17.7 Å². The number of nitrogens with two attached hydrogens (primary N) is 1. The van der Waals surface area contributed by atoms with Crippen molar-refractivity contribution in [1.29, 1.82) is 0 Å². The molecule has 0 amide bonds. The molecule has 1 fully saturated rings. The molecular formula is C31H31FN2O2. The SMILES string of the molecule is C[C@]12CC(=CN)C(=Nc3ccc(F)cc3)C=C1CCC[C@@H]2[C@@H](O)c1ccc(Oc2ccccc2)cc1. The lowest BCUT2D eigenvalue weighted by molar-refractivity contribution is 0.0217. The monoisotopic (exact) mass is 482 g/mol. The molecule has 3 atom stereocenters. The molecule has 5 heteroatoms. The molecule has 0 unspecified atom stereocenters. The standard InChI is InChI=1S/C31H31FN2O2/c1-31-19-22(20-33)29(34-25-14-12-24(32)13-15-25)18-23(31)6-5-9-28(31)30(35)21-10-16-27(17-11-21)36-26-7-3-2-4-8-26/h2-4,7-8,10-18,20,28,30,35H,5-6,9,19,33H2,1H3/t28-,30+,31+/m1/s1. The van der Waals surface area contributed by atoms with E-state index in [-0.39, 0.29) is 17.2 Å². The van der Waals surface area contributed by atoms with E-state index in [4.69, 9.17) is 15.5 Å². The molecule has 36 heavy (non-hydrogen) atoms. The van der Waals surface area contributed by atoms with Crippen LogP contribution in [0.2, 0.25) is 0 Å². The van der Waals surface area contributed by atoms with Crippen molar-refractivity contribution in [1.82, 2.24) is 0 Å². The summed E-state index contributed by atoms with van der Waals surface area (Å²) in [5, 5.41) is 11.5.